The highest BCUT2D eigenvalue weighted by molar-refractivity contribution is 9.10. The van der Waals surface area contributed by atoms with Gasteiger partial charge in [0.2, 0.25) is 0 Å². The monoisotopic (exact) mass is 358 g/mol. The molecule has 3 aromatic rings. The average Bonchev–Trinajstić information content (AvgIpc) is 2.94. The van der Waals surface area contributed by atoms with E-state index in [-0.39, 0.29) is 0 Å². The van der Waals surface area contributed by atoms with Gasteiger partial charge in [0.15, 0.2) is 7.85 Å². The molecule has 0 saturated heterocycles. The van der Waals surface area contributed by atoms with E-state index in [0.717, 1.165) is 23.1 Å². The van der Waals surface area contributed by atoms with Crippen LogP contribution in [0.5, 0.6) is 5.75 Å². The summed E-state index contributed by atoms with van der Waals surface area (Å²) >= 11 is 3.43. The fraction of sp³-hybridized carbons (Fsp3) is 0.100. The van der Waals surface area contributed by atoms with Crippen molar-refractivity contribution in [3.8, 4) is 16.9 Å². The quantitative estimate of drug-likeness (QED) is 0.316. The Balaban J connectivity index is 1.94. The molecule has 108 valence electrons. The fourth-order valence-electron chi connectivity index (χ4n) is 3.75. The highest BCUT2D eigenvalue weighted by Gasteiger charge is 2.31. The lowest BCUT2D eigenvalue weighted by molar-refractivity contribution is 0.302. The zero-order chi connectivity index (χ0) is 15.6. The minimum absolute atomic E-state index is 0.869. The molecule has 0 amide bonds. The summed E-state index contributed by atoms with van der Waals surface area (Å²) in [6.07, 6.45) is 4.89. The van der Waals surface area contributed by atoms with Gasteiger partial charge in [-0.2, -0.15) is 0 Å². The minimum Gasteiger partial charge on any atom is -0.481 e. The molecule has 23 heavy (non-hydrogen) atoms. The number of alkyl halides is 1. The van der Waals surface area contributed by atoms with E-state index in [4.69, 9.17) is 12.6 Å². The van der Waals surface area contributed by atoms with Gasteiger partial charge in [-0.3, -0.25) is 0 Å². The topological polar surface area (TPSA) is 9.23 Å². The van der Waals surface area contributed by atoms with Gasteiger partial charge < -0.3 is 4.74 Å². The van der Waals surface area contributed by atoms with Crippen LogP contribution in [0, 0.1) is 0 Å². The Morgan fingerprint density at radius 1 is 1.00 bits per heavy atom. The summed E-state index contributed by atoms with van der Waals surface area (Å²) in [5, 5.41) is 2.33. The number of hydrogen-bond donors (Lipinski definition) is 0. The molecule has 5 rings (SSSR count). The number of halogens is 1. The van der Waals surface area contributed by atoms with Crippen LogP contribution < -0.4 is 4.74 Å². The number of fused-ring (bicyclic) bond motifs is 8. The van der Waals surface area contributed by atoms with Crippen LogP contribution in [0.3, 0.4) is 0 Å². The molecule has 1 atom stereocenters. The number of benzene rings is 3. The van der Waals surface area contributed by atoms with E-state index in [9.17, 15) is 0 Å². The van der Waals surface area contributed by atoms with Crippen LogP contribution in [0.4, 0.5) is 0 Å². The Hall–Kier alpha value is -2.00. The third kappa shape index (κ3) is 1.86. The molecule has 3 aromatic carbocycles. The van der Waals surface area contributed by atoms with Crippen molar-refractivity contribution in [1.82, 2.24) is 0 Å². The zero-order valence-electron chi connectivity index (χ0n) is 12.3. The Kier molecular flexibility index (Phi) is 2.64. The summed E-state index contributed by atoms with van der Waals surface area (Å²) in [7, 11) is 6.12. The van der Waals surface area contributed by atoms with Gasteiger partial charge in [-0.15, -0.1) is 0 Å². The maximum atomic E-state index is 6.12. The Labute approximate surface area is 144 Å². The highest BCUT2D eigenvalue weighted by Crippen LogP contribution is 2.50. The second-order valence-corrected chi connectivity index (χ2v) is 7.35. The van der Waals surface area contributed by atoms with Crippen molar-refractivity contribution in [3.63, 3.8) is 0 Å². The van der Waals surface area contributed by atoms with E-state index < -0.39 is 4.41 Å². The van der Waals surface area contributed by atoms with E-state index in [0.29, 0.717) is 0 Å². The summed E-state index contributed by atoms with van der Waals surface area (Å²) in [6.45, 7) is 0. The molecule has 1 unspecified atom stereocenters. The molecule has 3 heteroatoms. The van der Waals surface area contributed by atoms with Gasteiger partial charge in [0, 0.05) is 10.9 Å². The fourth-order valence-corrected chi connectivity index (χ4v) is 4.05. The zero-order valence-corrected chi connectivity index (χ0v) is 13.9. The first kappa shape index (κ1) is 13.4. The third-order valence-corrected chi connectivity index (χ3v) is 5.13. The van der Waals surface area contributed by atoms with E-state index in [1.807, 2.05) is 12.1 Å². The Bertz CT molecular complexity index is 1000. The van der Waals surface area contributed by atoms with Gasteiger partial charge in [-0.1, -0.05) is 54.6 Å². The van der Waals surface area contributed by atoms with Gasteiger partial charge in [0.1, 0.15) is 10.2 Å². The molecule has 0 aromatic heterocycles. The molecule has 2 aliphatic rings. The van der Waals surface area contributed by atoms with Crippen molar-refractivity contribution < 1.29 is 4.74 Å². The van der Waals surface area contributed by atoms with Crippen molar-refractivity contribution in [1.29, 1.82) is 0 Å². The number of ether oxygens (including phenoxy) is 1. The molecule has 1 aliphatic carbocycles. The van der Waals surface area contributed by atoms with E-state index in [1.54, 1.807) is 0 Å². The van der Waals surface area contributed by atoms with Gasteiger partial charge in [0.05, 0.1) is 0 Å². The lowest BCUT2D eigenvalue weighted by Crippen LogP contribution is -2.28. The SMILES string of the molecule is [B]C1(Br)C=Cc2c3c(c4ccccc4c2O1)-c1ccccc1C3. The minimum atomic E-state index is -0.942. The largest absolute Gasteiger partial charge is 0.481 e. The van der Waals surface area contributed by atoms with Crippen LogP contribution in [0.2, 0.25) is 0 Å². The predicted molar refractivity (Wildman–Crippen MR) is 99.3 cm³/mol. The lowest BCUT2D eigenvalue weighted by Gasteiger charge is -2.29. The maximum absolute atomic E-state index is 6.12. The molecule has 2 radical (unpaired) electrons. The molecule has 0 bridgehead atoms. The first-order valence-electron chi connectivity index (χ1n) is 7.66. The first-order chi connectivity index (χ1) is 11.1. The van der Waals surface area contributed by atoms with E-state index in [2.05, 4.69) is 64.5 Å². The molecular weight excluding hydrogens is 347 g/mol. The summed E-state index contributed by atoms with van der Waals surface area (Å²) in [6, 6.07) is 17.0. The summed E-state index contributed by atoms with van der Waals surface area (Å²) in [4.78, 5) is 0. The summed E-state index contributed by atoms with van der Waals surface area (Å²) in [5.41, 5.74) is 6.52. The predicted octanol–water partition coefficient (Wildman–Crippen LogP) is 5.03. The smallest absolute Gasteiger partial charge is 0.154 e. The van der Waals surface area contributed by atoms with Gasteiger partial charge in [-0.25, -0.2) is 0 Å². The molecule has 0 spiro atoms. The number of hydrogen-bond acceptors (Lipinski definition) is 1. The van der Waals surface area contributed by atoms with Crippen LogP contribution in [0.25, 0.3) is 28.0 Å². The second-order valence-electron chi connectivity index (χ2n) is 6.11. The average molecular weight is 359 g/mol. The standard InChI is InChI=1S/C20H12BBrO/c21-20(22)10-9-16-17-11-12-5-1-2-6-13(12)18(17)14-7-3-4-8-15(14)19(16)23-20/h1-10H,11H2. The first-order valence-corrected chi connectivity index (χ1v) is 8.45. The maximum Gasteiger partial charge on any atom is 0.154 e. The van der Waals surface area contributed by atoms with Gasteiger partial charge in [0.25, 0.3) is 0 Å². The molecule has 1 aliphatic heterocycles. The van der Waals surface area contributed by atoms with Crippen LogP contribution in [0.15, 0.2) is 54.6 Å². The van der Waals surface area contributed by atoms with Crippen LogP contribution in [0.1, 0.15) is 16.7 Å². The molecule has 0 saturated carbocycles. The van der Waals surface area contributed by atoms with Gasteiger partial charge in [-0.05, 0) is 56.1 Å². The van der Waals surface area contributed by atoms with Crippen molar-refractivity contribution in [2.24, 2.45) is 0 Å². The second kappa shape index (κ2) is 4.51. The number of rotatable bonds is 0. The van der Waals surface area contributed by atoms with Crippen molar-refractivity contribution >= 4 is 40.6 Å². The molecule has 1 nitrogen and oxygen atoms in total. The Morgan fingerprint density at radius 3 is 2.61 bits per heavy atom. The van der Waals surface area contributed by atoms with Crippen LogP contribution in [-0.4, -0.2) is 12.3 Å². The molecule has 1 heterocycles. The molecule has 0 N–H and O–H groups in total. The summed E-state index contributed by atoms with van der Waals surface area (Å²) in [5.74, 6) is 0.869. The Morgan fingerprint density at radius 2 is 1.74 bits per heavy atom. The van der Waals surface area contributed by atoms with Crippen molar-refractivity contribution in [2.45, 2.75) is 10.8 Å². The van der Waals surface area contributed by atoms with Crippen molar-refractivity contribution in [3.05, 3.63) is 71.3 Å². The highest BCUT2D eigenvalue weighted by atomic mass is 79.9. The van der Waals surface area contributed by atoms with Crippen LogP contribution in [-0.2, 0) is 6.42 Å². The van der Waals surface area contributed by atoms with E-state index in [1.165, 1.54) is 27.6 Å². The van der Waals surface area contributed by atoms with Crippen LogP contribution >= 0.6 is 15.9 Å². The third-order valence-electron chi connectivity index (χ3n) is 4.70. The normalized spacial score (nSPS) is 20.7. The lowest BCUT2D eigenvalue weighted by atomic mass is 9.89. The summed E-state index contributed by atoms with van der Waals surface area (Å²) < 4.78 is 5.12. The van der Waals surface area contributed by atoms with Gasteiger partial charge >= 0.3 is 0 Å². The van der Waals surface area contributed by atoms with E-state index >= 15 is 0 Å². The molecular formula is C20H12BBrO. The molecule has 0 fully saturated rings. The van der Waals surface area contributed by atoms with Crippen molar-refractivity contribution in [2.75, 3.05) is 0 Å².